The summed E-state index contributed by atoms with van der Waals surface area (Å²) >= 11 is 1.31. The lowest BCUT2D eigenvalue weighted by atomic mass is 10.1. The maximum Gasteiger partial charge on any atom is 0.267 e. The summed E-state index contributed by atoms with van der Waals surface area (Å²) in [5, 5.41) is 3.69. The number of pyridine rings is 1. The van der Waals surface area contributed by atoms with Gasteiger partial charge in [-0.1, -0.05) is 13.8 Å². The summed E-state index contributed by atoms with van der Waals surface area (Å²) in [5.74, 6) is 1.37. The van der Waals surface area contributed by atoms with Gasteiger partial charge in [0, 0.05) is 22.8 Å². The number of ether oxygens (including phenoxy) is 2. The minimum absolute atomic E-state index is 0.256. The third-order valence-corrected chi connectivity index (χ3v) is 5.33. The minimum Gasteiger partial charge on any atom is -0.486 e. The summed E-state index contributed by atoms with van der Waals surface area (Å²) in [6.07, 6.45) is 0. The highest BCUT2D eigenvalue weighted by atomic mass is 32.1. The molecule has 1 aliphatic heterocycles. The maximum atomic E-state index is 12.7. The van der Waals surface area contributed by atoms with Gasteiger partial charge in [0.1, 0.15) is 22.9 Å². The van der Waals surface area contributed by atoms with Gasteiger partial charge in [0.2, 0.25) is 0 Å². The van der Waals surface area contributed by atoms with E-state index in [9.17, 15) is 4.79 Å². The molecule has 0 unspecified atom stereocenters. The normalized spacial score (nSPS) is 13.2. The Bertz CT molecular complexity index is 997. The van der Waals surface area contributed by atoms with E-state index in [2.05, 4.69) is 24.1 Å². The zero-order chi connectivity index (χ0) is 18.3. The summed E-state index contributed by atoms with van der Waals surface area (Å²) in [7, 11) is 0. The Morgan fingerprint density at radius 2 is 1.96 bits per heavy atom. The SMILES string of the molecule is CC(C)c1ccc2c(N)c(C(=O)Nc3ccc4c(c3)OCCO4)sc2n1. The Morgan fingerprint density at radius 3 is 2.73 bits per heavy atom. The molecule has 0 fully saturated rings. The molecule has 0 saturated heterocycles. The second-order valence-corrected chi connectivity index (χ2v) is 7.40. The standard InChI is InChI=1S/C19H19N3O3S/c1-10(2)13-5-4-12-16(20)17(26-19(12)22-13)18(23)21-11-3-6-14-15(9-11)25-8-7-24-14/h3-6,9-10H,7-8,20H2,1-2H3,(H,21,23). The zero-order valence-electron chi connectivity index (χ0n) is 14.5. The van der Waals surface area contributed by atoms with Gasteiger partial charge in [-0.25, -0.2) is 4.98 Å². The molecule has 7 heteroatoms. The van der Waals surface area contributed by atoms with Crippen LogP contribution in [0.3, 0.4) is 0 Å². The van der Waals surface area contributed by atoms with Gasteiger partial charge in [0.05, 0.1) is 5.69 Å². The molecule has 1 aliphatic rings. The number of thiophene rings is 1. The number of nitrogens with two attached hydrogens (primary N) is 1. The van der Waals surface area contributed by atoms with Crippen LogP contribution in [0.2, 0.25) is 0 Å². The Kier molecular flexibility index (Phi) is 4.16. The van der Waals surface area contributed by atoms with Gasteiger partial charge >= 0.3 is 0 Å². The van der Waals surface area contributed by atoms with Crippen LogP contribution in [0.5, 0.6) is 11.5 Å². The van der Waals surface area contributed by atoms with E-state index < -0.39 is 0 Å². The lowest BCUT2D eigenvalue weighted by Crippen LogP contribution is -2.16. The topological polar surface area (TPSA) is 86.5 Å². The highest BCUT2D eigenvalue weighted by molar-refractivity contribution is 7.21. The number of nitrogen functional groups attached to an aromatic ring is 1. The smallest absolute Gasteiger partial charge is 0.267 e. The van der Waals surface area contributed by atoms with Crippen LogP contribution in [-0.4, -0.2) is 24.1 Å². The molecular weight excluding hydrogens is 350 g/mol. The van der Waals surface area contributed by atoms with Gasteiger partial charge in [-0.3, -0.25) is 4.79 Å². The quantitative estimate of drug-likeness (QED) is 0.728. The van der Waals surface area contributed by atoms with E-state index in [-0.39, 0.29) is 5.91 Å². The summed E-state index contributed by atoms with van der Waals surface area (Å²) < 4.78 is 11.0. The van der Waals surface area contributed by atoms with Crippen molar-refractivity contribution in [3.8, 4) is 11.5 Å². The molecule has 2 aromatic heterocycles. The molecule has 3 N–H and O–H groups in total. The molecule has 0 bridgehead atoms. The number of amides is 1. The van der Waals surface area contributed by atoms with Gasteiger partial charge in [0.25, 0.3) is 5.91 Å². The molecule has 6 nitrogen and oxygen atoms in total. The third kappa shape index (κ3) is 2.94. The summed E-state index contributed by atoms with van der Waals surface area (Å²) in [4.78, 5) is 18.6. The highest BCUT2D eigenvalue weighted by Crippen LogP contribution is 2.35. The van der Waals surface area contributed by atoms with Crippen LogP contribution >= 0.6 is 11.3 Å². The van der Waals surface area contributed by atoms with E-state index in [1.165, 1.54) is 11.3 Å². The molecule has 0 atom stereocenters. The molecule has 1 amide bonds. The van der Waals surface area contributed by atoms with Crippen LogP contribution in [0.25, 0.3) is 10.2 Å². The van der Waals surface area contributed by atoms with Crippen LogP contribution in [-0.2, 0) is 0 Å². The number of carbonyl (C=O) groups excluding carboxylic acids is 1. The molecule has 0 radical (unpaired) electrons. The van der Waals surface area contributed by atoms with E-state index >= 15 is 0 Å². The monoisotopic (exact) mass is 369 g/mol. The molecule has 0 saturated carbocycles. The number of carbonyl (C=O) groups is 1. The van der Waals surface area contributed by atoms with Crippen molar-refractivity contribution in [1.29, 1.82) is 0 Å². The number of fused-ring (bicyclic) bond motifs is 2. The summed E-state index contributed by atoms with van der Waals surface area (Å²) in [6, 6.07) is 9.22. The summed E-state index contributed by atoms with van der Waals surface area (Å²) in [5.41, 5.74) is 8.27. The van der Waals surface area contributed by atoms with E-state index in [0.717, 1.165) is 15.9 Å². The number of hydrogen-bond donors (Lipinski definition) is 2. The van der Waals surface area contributed by atoms with Crippen LogP contribution in [0.15, 0.2) is 30.3 Å². The lowest BCUT2D eigenvalue weighted by Gasteiger charge is -2.18. The lowest BCUT2D eigenvalue weighted by molar-refractivity contribution is 0.103. The van der Waals surface area contributed by atoms with Crippen molar-refractivity contribution in [2.45, 2.75) is 19.8 Å². The molecule has 3 heterocycles. The average Bonchev–Trinajstić information content (AvgIpc) is 2.98. The predicted molar refractivity (Wildman–Crippen MR) is 104 cm³/mol. The average molecular weight is 369 g/mol. The zero-order valence-corrected chi connectivity index (χ0v) is 15.4. The number of rotatable bonds is 3. The first-order valence-electron chi connectivity index (χ1n) is 8.43. The number of nitrogens with one attached hydrogen (secondary N) is 1. The van der Waals surface area contributed by atoms with Crippen molar-refractivity contribution < 1.29 is 14.3 Å². The molecule has 4 rings (SSSR count). The van der Waals surface area contributed by atoms with Crippen LogP contribution < -0.4 is 20.5 Å². The van der Waals surface area contributed by atoms with Crippen molar-refractivity contribution in [3.05, 3.63) is 40.9 Å². The molecule has 0 spiro atoms. The highest BCUT2D eigenvalue weighted by Gasteiger charge is 2.19. The van der Waals surface area contributed by atoms with Gasteiger partial charge < -0.3 is 20.5 Å². The maximum absolute atomic E-state index is 12.7. The number of nitrogens with zero attached hydrogens (tertiary/aromatic N) is 1. The first-order chi connectivity index (χ1) is 12.5. The second-order valence-electron chi connectivity index (χ2n) is 6.40. The molecule has 3 aromatic rings. The molecular formula is C19H19N3O3S. The number of anilines is 2. The molecule has 26 heavy (non-hydrogen) atoms. The van der Waals surface area contributed by atoms with Crippen LogP contribution in [0.1, 0.15) is 35.1 Å². The second kappa shape index (κ2) is 6.49. The van der Waals surface area contributed by atoms with Crippen LogP contribution in [0, 0.1) is 0 Å². The van der Waals surface area contributed by atoms with Crippen molar-refractivity contribution >= 4 is 38.8 Å². The van der Waals surface area contributed by atoms with E-state index in [1.807, 2.05) is 12.1 Å². The Labute approximate surface area is 154 Å². The Balaban J connectivity index is 1.62. The Morgan fingerprint density at radius 1 is 1.19 bits per heavy atom. The molecule has 134 valence electrons. The fourth-order valence-electron chi connectivity index (χ4n) is 2.81. The van der Waals surface area contributed by atoms with Gasteiger partial charge in [-0.05, 0) is 30.2 Å². The fourth-order valence-corrected chi connectivity index (χ4v) is 3.81. The predicted octanol–water partition coefficient (Wildman–Crippen LogP) is 4.03. The number of benzene rings is 1. The largest absolute Gasteiger partial charge is 0.486 e. The first-order valence-corrected chi connectivity index (χ1v) is 9.24. The van der Waals surface area contributed by atoms with Gasteiger partial charge in [-0.2, -0.15) is 0 Å². The van der Waals surface area contributed by atoms with Gasteiger partial charge in [0.15, 0.2) is 11.5 Å². The van der Waals surface area contributed by atoms with Crippen molar-refractivity contribution in [2.75, 3.05) is 24.3 Å². The van der Waals surface area contributed by atoms with Gasteiger partial charge in [-0.15, -0.1) is 11.3 Å². The third-order valence-electron chi connectivity index (χ3n) is 4.21. The van der Waals surface area contributed by atoms with Crippen molar-refractivity contribution in [2.24, 2.45) is 0 Å². The fraction of sp³-hybridized carbons (Fsp3) is 0.263. The number of aromatic nitrogens is 1. The number of hydrogen-bond acceptors (Lipinski definition) is 6. The van der Waals surface area contributed by atoms with Crippen molar-refractivity contribution in [1.82, 2.24) is 4.98 Å². The first kappa shape index (κ1) is 16.7. The Hall–Kier alpha value is -2.80. The molecule has 0 aliphatic carbocycles. The summed E-state index contributed by atoms with van der Waals surface area (Å²) in [6.45, 7) is 5.20. The van der Waals surface area contributed by atoms with E-state index in [1.54, 1.807) is 18.2 Å². The molecule has 1 aromatic carbocycles. The van der Waals surface area contributed by atoms with Crippen LogP contribution in [0.4, 0.5) is 11.4 Å². The van der Waals surface area contributed by atoms with E-state index in [4.69, 9.17) is 15.2 Å². The van der Waals surface area contributed by atoms with E-state index in [0.29, 0.717) is 46.9 Å². The van der Waals surface area contributed by atoms with Crippen molar-refractivity contribution in [3.63, 3.8) is 0 Å². The minimum atomic E-state index is -0.256.